The van der Waals surface area contributed by atoms with Crippen molar-refractivity contribution in [2.24, 2.45) is 11.8 Å². The summed E-state index contributed by atoms with van der Waals surface area (Å²) in [6.45, 7) is 17.9. The van der Waals surface area contributed by atoms with Crippen molar-refractivity contribution < 1.29 is 0 Å². The van der Waals surface area contributed by atoms with E-state index >= 15 is 0 Å². The maximum atomic E-state index is 4.17. The van der Waals surface area contributed by atoms with Gasteiger partial charge in [0.2, 0.25) is 0 Å². The second-order valence-electron chi connectivity index (χ2n) is 5.15. The molecule has 0 saturated heterocycles. The maximum absolute atomic E-state index is 4.17. The Labute approximate surface area is 122 Å². The Morgan fingerprint density at radius 1 is 1.00 bits per heavy atom. The SMILES string of the molecule is C=C(/C=C\C)C1CCCC(C)CCC1.C=CC.CC. The lowest BCUT2D eigenvalue weighted by Gasteiger charge is -2.22. The number of hydrogen-bond donors (Lipinski definition) is 0. The Morgan fingerprint density at radius 2 is 1.42 bits per heavy atom. The Balaban J connectivity index is 0. The number of allylic oxidation sites excluding steroid dienone is 4. The van der Waals surface area contributed by atoms with Gasteiger partial charge in [-0.1, -0.05) is 76.8 Å². The van der Waals surface area contributed by atoms with Crippen molar-refractivity contribution in [2.45, 2.75) is 73.1 Å². The van der Waals surface area contributed by atoms with Gasteiger partial charge in [0.1, 0.15) is 0 Å². The fraction of sp³-hybridized carbons (Fsp3) is 0.684. The molecule has 1 fully saturated rings. The molecule has 1 aliphatic carbocycles. The summed E-state index contributed by atoms with van der Waals surface area (Å²) in [5, 5.41) is 0. The summed E-state index contributed by atoms with van der Waals surface area (Å²) in [4.78, 5) is 0. The van der Waals surface area contributed by atoms with E-state index in [4.69, 9.17) is 0 Å². The van der Waals surface area contributed by atoms with Crippen molar-refractivity contribution in [1.29, 1.82) is 0 Å². The molecular formula is C19H36. The van der Waals surface area contributed by atoms with E-state index in [0.717, 1.165) is 11.8 Å². The zero-order valence-corrected chi connectivity index (χ0v) is 14.0. The Kier molecular flexibility index (Phi) is 16.5. The third-order valence-electron chi connectivity index (χ3n) is 3.40. The summed E-state index contributed by atoms with van der Waals surface area (Å²) in [6, 6.07) is 0. The lowest BCUT2D eigenvalue weighted by molar-refractivity contribution is 0.360. The van der Waals surface area contributed by atoms with Gasteiger partial charge in [0.25, 0.3) is 0 Å². The second kappa shape index (κ2) is 15.3. The van der Waals surface area contributed by atoms with Crippen LogP contribution in [-0.2, 0) is 0 Å². The van der Waals surface area contributed by atoms with E-state index in [2.05, 4.69) is 39.2 Å². The molecule has 1 saturated carbocycles. The predicted molar refractivity (Wildman–Crippen MR) is 91.5 cm³/mol. The van der Waals surface area contributed by atoms with E-state index in [9.17, 15) is 0 Å². The molecule has 0 aliphatic heterocycles. The standard InChI is InChI=1S/C14H24.C3H6.C2H6/c1-4-7-13(3)14-10-5-8-12(2)9-6-11-14;1-3-2;1-2/h4,7,12,14H,3,5-6,8-11H2,1-2H3;3H,1H2,2H3;1-2H3/b7-4-;;. The largest absolute Gasteiger partial charge is 0.103 e. The quantitative estimate of drug-likeness (QED) is 0.374. The minimum Gasteiger partial charge on any atom is -0.103 e. The molecule has 0 bridgehead atoms. The van der Waals surface area contributed by atoms with Crippen molar-refractivity contribution in [3.63, 3.8) is 0 Å². The Bertz CT molecular complexity index is 224. The summed E-state index contributed by atoms with van der Waals surface area (Å²) in [6.07, 6.45) is 14.4. The van der Waals surface area contributed by atoms with E-state index in [1.807, 2.05) is 20.8 Å². The van der Waals surface area contributed by atoms with Crippen molar-refractivity contribution in [3.05, 3.63) is 37.0 Å². The van der Waals surface area contributed by atoms with Crippen molar-refractivity contribution in [2.75, 3.05) is 0 Å². The van der Waals surface area contributed by atoms with Crippen LogP contribution in [0.2, 0.25) is 0 Å². The van der Waals surface area contributed by atoms with Gasteiger partial charge >= 0.3 is 0 Å². The number of hydrogen-bond acceptors (Lipinski definition) is 0. The first-order valence-electron chi connectivity index (χ1n) is 8.04. The molecule has 0 aromatic rings. The molecule has 0 aromatic heterocycles. The minimum atomic E-state index is 0.763. The van der Waals surface area contributed by atoms with Gasteiger partial charge in [-0.2, -0.15) is 0 Å². The van der Waals surface area contributed by atoms with Crippen molar-refractivity contribution in [1.82, 2.24) is 0 Å². The summed E-state index contributed by atoms with van der Waals surface area (Å²) < 4.78 is 0. The summed E-state index contributed by atoms with van der Waals surface area (Å²) in [5.41, 5.74) is 1.35. The molecule has 0 heterocycles. The average Bonchev–Trinajstić information content (AvgIpc) is 2.37. The van der Waals surface area contributed by atoms with E-state index in [-0.39, 0.29) is 0 Å². The van der Waals surface area contributed by atoms with Crippen molar-refractivity contribution in [3.8, 4) is 0 Å². The zero-order valence-electron chi connectivity index (χ0n) is 14.0. The van der Waals surface area contributed by atoms with Gasteiger partial charge in [0.05, 0.1) is 0 Å². The first-order valence-corrected chi connectivity index (χ1v) is 8.04. The van der Waals surface area contributed by atoms with Crippen LogP contribution in [0.5, 0.6) is 0 Å². The van der Waals surface area contributed by atoms with Crippen LogP contribution < -0.4 is 0 Å². The molecule has 19 heavy (non-hydrogen) atoms. The lowest BCUT2D eigenvalue weighted by atomic mass is 9.83. The van der Waals surface area contributed by atoms with Crippen LogP contribution in [0.25, 0.3) is 0 Å². The molecule has 1 aliphatic rings. The molecule has 0 heteroatoms. The molecule has 0 radical (unpaired) electrons. The summed E-state index contributed by atoms with van der Waals surface area (Å²) in [5.74, 6) is 1.71. The van der Waals surface area contributed by atoms with Gasteiger partial charge in [-0.05, 0) is 38.5 Å². The number of rotatable bonds is 2. The highest BCUT2D eigenvalue weighted by Crippen LogP contribution is 2.29. The second-order valence-corrected chi connectivity index (χ2v) is 5.15. The molecule has 0 atom stereocenters. The highest BCUT2D eigenvalue weighted by Gasteiger charge is 2.15. The zero-order chi connectivity index (χ0) is 15.1. The normalized spacial score (nSPS) is 23.0. The third-order valence-corrected chi connectivity index (χ3v) is 3.40. The van der Waals surface area contributed by atoms with Gasteiger partial charge < -0.3 is 0 Å². The van der Waals surface area contributed by atoms with Gasteiger partial charge in [0.15, 0.2) is 0 Å². The van der Waals surface area contributed by atoms with Crippen LogP contribution in [0.15, 0.2) is 37.0 Å². The van der Waals surface area contributed by atoms with Gasteiger partial charge in [0, 0.05) is 0 Å². The van der Waals surface area contributed by atoms with Crippen LogP contribution in [0.1, 0.15) is 73.1 Å². The van der Waals surface area contributed by atoms with Crippen LogP contribution in [0.3, 0.4) is 0 Å². The van der Waals surface area contributed by atoms with E-state index in [0.29, 0.717) is 0 Å². The van der Waals surface area contributed by atoms with Gasteiger partial charge in [-0.15, -0.1) is 6.58 Å². The Morgan fingerprint density at radius 3 is 1.79 bits per heavy atom. The smallest absolute Gasteiger partial charge is 0.0168 e. The Hall–Kier alpha value is -0.780. The fourth-order valence-corrected chi connectivity index (χ4v) is 2.44. The minimum absolute atomic E-state index is 0.763. The van der Waals surface area contributed by atoms with Crippen LogP contribution in [0.4, 0.5) is 0 Å². The summed E-state index contributed by atoms with van der Waals surface area (Å²) in [7, 11) is 0. The van der Waals surface area contributed by atoms with E-state index < -0.39 is 0 Å². The van der Waals surface area contributed by atoms with Crippen LogP contribution in [0, 0.1) is 11.8 Å². The third kappa shape index (κ3) is 12.0. The molecule has 0 N–H and O–H groups in total. The monoisotopic (exact) mass is 264 g/mol. The molecule has 0 aromatic carbocycles. The van der Waals surface area contributed by atoms with Gasteiger partial charge in [-0.25, -0.2) is 0 Å². The van der Waals surface area contributed by atoms with Crippen molar-refractivity contribution >= 4 is 0 Å². The average molecular weight is 264 g/mol. The van der Waals surface area contributed by atoms with E-state index in [1.165, 1.54) is 44.1 Å². The molecular weight excluding hydrogens is 228 g/mol. The van der Waals surface area contributed by atoms with Crippen LogP contribution >= 0.6 is 0 Å². The topological polar surface area (TPSA) is 0 Å². The highest BCUT2D eigenvalue weighted by atomic mass is 14.2. The predicted octanol–water partition coefficient (Wildman–Crippen LogP) is 6.94. The molecule has 112 valence electrons. The molecule has 0 unspecified atom stereocenters. The van der Waals surface area contributed by atoms with Gasteiger partial charge in [-0.3, -0.25) is 0 Å². The molecule has 0 spiro atoms. The lowest BCUT2D eigenvalue weighted by Crippen LogP contribution is -2.08. The summed E-state index contributed by atoms with van der Waals surface area (Å²) >= 11 is 0. The fourth-order valence-electron chi connectivity index (χ4n) is 2.44. The first kappa shape index (κ1) is 20.5. The first-order chi connectivity index (χ1) is 9.15. The molecule has 0 nitrogen and oxygen atoms in total. The van der Waals surface area contributed by atoms with Crippen LogP contribution in [-0.4, -0.2) is 0 Å². The maximum Gasteiger partial charge on any atom is -0.0168 e. The molecule has 1 rings (SSSR count). The van der Waals surface area contributed by atoms with E-state index in [1.54, 1.807) is 6.08 Å². The highest BCUT2D eigenvalue weighted by molar-refractivity contribution is 5.17. The molecule has 0 amide bonds.